The number of aliphatic carboxylic acids is 1. The molecule has 0 spiro atoms. The number of nitrogens with zero attached hydrogens (tertiary/aromatic N) is 1. The van der Waals surface area contributed by atoms with Gasteiger partial charge in [-0.05, 0) is 12.8 Å². The summed E-state index contributed by atoms with van der Waals surface area (Å²) < 4.78 is 5.17. The van der Waals surface area contributed by atoms with Crippen LogP contribution in [-0.2, 0) is 17.6 Å². The van der Waals surface area contributed by atoms with Crippen LogP contribution in [-0.4, -0.2) is 16.1 Å². The second kappa shape index (κ2) is 6.22. The molecular weight excluding hydrogens is 194 g/mol. The zero-order valence-corrected chi connectivity index (χ0v) is 9.03. The number of carboxylic acid groups (broad SMARTS) is 1. The van der Waals surface area contributed by atoms with E-state index in [9.17, 15) is 4.79 Å². The van der Waals surface area contributed by atoms with Crippen molar-refractivity contribution in [1.82, 2.24) is 4.98 Å². The molecule has 1 heterocycles. The van der Waals surface area contributed by atoms with E-state index in [2.05, 4.69) is 11.9 Å². The van der Waals surface area contributed by atoms with Crippen molar-refractivity contribution in [3.05, 3.63) is 17.8 Å². The third-order valence-electron chi connectivity index (χ3n) is 2.31. The lowest BCUT2D eigenvalue weighted by Gasteiger charge is -1.98. The van der Waals surface area contributed by atoms with E-state index in [1.54, 1.807) is 0 Å². The molecule has 4 heteroatoms. The summed E-state index contributed by atoms with van der Waals surface area (Å²) in [5.74, 6) is -0.0700. The van der Waals surface area contributed by atoms with Gasteiger partial charge in [-0.1, -0.05) is 19.8 Å². The zero-order valence-electron chi connectivity index (χ0n) is 9.03. The van der Waals surface area contributed by atoms with Gasteiger partial charge in [-0.15, -0.1) is 0 Å². The van der Waals surface area contributed by atoms with Gasteiger partial charge in [0, 0.05) is 6.42 Å². The van der Waals surface area contributed by atoms with Crippen molar-refractivity contribution in [2.24, 2.45) is 0 Å². The lowest BCUT2D eigenvalue weighted by Crippen LogP contribution is -1.99. The van der Waals surface area contributed by atoms with E-state index < -0.39 is 5.97 Å². The van der Waals surface area contributed by atoms with Crippen LogP contribution in [0.3, 0.4) is 0 Å². The highest BCUT2D eigenvalue weighted by Gasteiger charge is 2.09. The van der Waals surface area contributed by atoms with E-state index >= 15 is 0 Å². The summed E-state index contributed by atoms with van der Waals surface area (Å²) >= 11 is 0. The maximum Gasteiger partial charge on any atom is 0.303 e. The van der Waals surface area contributed by atoms with Crippen LogP contribution in [0, 0.1) is 0 Å². The Bertz CT molecular complexity index is 307. The standard InChI is InChI=1S/C11H17NO3/c1-2-3-4-5-9-10(15-8-12-9)6-7-11(13)14/h8H,2-7H2,1H3,(H,13,14). The van der Waals surface area contributed by atoms with E-state index in [-0.39, 0.29) is 6.42 Å². The Morgan fingerprint density at radius 3 is 2.93 bits per heavy atom. The monoisotopic (exact) mass is 211 g/mol. The SMILES string of the molecule is CCCCCc1ncoc1CCC(=O)O. The minimum Gasteiger partial charge on any atom is -0.481 e. The Morgan fingerprint density at radius 2 is 2.27 bits per heavy atom. The summed E-state index contributed by atoms with van der Waals surface area (Å²) in [5.41, 5.74) is 0.921. The van der Waals surface area contributed by atoms with E-state index in [4.69, 9.17) is 9.52 Å². The highest BCUT2D eigenvalue weighted by molar-refractivity contribution is 5.66. The molecule has 0 aliphatic rings. The largest absolute Gasteiger partial charge is 0.481 e. The minimum atomic E-state index is -0.800. The molecule has 0 unspecified atom stereocenters. The van der Waals surface area contributed by atoms with Gasteiger partial charge in [0.2, 0.25) is 0 Å². The maximum atomic E-state index is 10.4. The summed E-state index contributed by atoms with van der Waals surface area (Å²) in [7, 11) is 0. The van der Waals surface area contributed by atoms with E-state index in [0.717, 1.165) is 24.3 Å². The molecule has 0 aliphatic carbocycles. The molecule has 0 amide bonds. The number of hydrogen-bond donors (Lipinski definition) is 1. The van der Waals surface area contributed by atoms with Crippen molar-refractivity contribution in [2.75, 3.05) is 0 Å². The van der Waals surface area contributed by atoms with Crippen molar-refractivity contribution in [3.63, 3.8) is 0 Å². The molecular formula is C11H17NO3. The summed E-state index contributed by atoms with van der Waals surface area (Å²) in [6.45, 7) is 2.15. The molecule has 84 valence electrons. The summed E-state index contributed by atoms with van der Waals surface area (Å²) in [6, 6.07) is 0. The maximum absolute atomic E-state index is 10.4. The van der Waals surface area contributed by atoms with Crippen LogP contribution < -0.4 is 0 Å². The predicted octanol–water partition coefficient (Wildman–Crippen LogP) is 2.42. The second-order valence-corrected chi connectivity index (χ2v) is 3.57. The first-order valence-electron chi connectivity index (χ1n) is 5.37. The topological polar surface area (TPSA) is 63.3 Å². The fourth-order valence-corrected chi connectivity index (χ4v) is 1.46. The number of rotatable bonds is 7. The summed E-state index contributed by atoms with van der Waals surface area (Å²) in [4.78, 5) is 14.5. The van der Waals surface area contributed by atoms with Crippen LogP contribution in [0.4, 0.5) is 0 Å². The normalized spacial score (nSPS) is 10.5. The Hall–Kier alpha value is -1.32. The minimum absolute atomic E-state index is 0.107. The Morgan fingerprint density at radius 1 is 1.47 bits per heavy atom. The smallest absolute Gasteiger partial charge is 0.303 e. The molecule has 0 fully saturated rings. The van der Waals surface area contributed by atoms with Gasteiger partial charge in [0.05, 0.1) is 12.1 Å². The average molecular weight is 211 g/mol. The number of aryl methyl sites for hydroxylation is 2. The third kappa shape index (κ3) is 4.14. The van der Waals surface area contributed by atoms with Crippen molar-refractivity contribution in [2.45, 2.75) is 45.4 Å². The number of hydrogen-bond acceptors (Lipinski definition) is 3. The Balaban J connectivity index is 2.42. The molecule has 1 aromatic rings. The molecule has 1 rings (SSSR count). The highest BCUT2D eigenvalue weighted by Crippen LogP contribution is 2.13. The first kappa shape index (κ1) is 11.8. The van der Waals surface area contributed by atoms with Gasteiger partial charge in [-0.25, -0.2) is 4.98 Å². The number of carbonyl (C=O) groups is 1. The number of aromatic nitrogens is 1. The lowest BCUT2D eigenvalue weighted by molar-refractivity contribution is -0.137. The lowest BCUT2D eigenvalue weighted by atomic mass is 10.1. The van der Waals surface area contributed by atoms with Gasteiger partial charge in [-0.2, -0.15) is 0 Å². The number of carboxylic acids is 1. The zero-order chi connectivity index (χ0) is 11.1. The molecule has 1 aromatic heterocycles. The second-order valence-electron chi connectivity index (χ2n) is 3.57. The van der Waals surface area contributed by atoms with Gasteiger partial charge in [0.25, 0.3) is 0 Å². The predicted molar refractivity (Wildman–Crippen MR) is 55.7 cm³/mol. The van der Waals surface area contributed by atoms with E-state index in [1.807, 2.05) is 0 Å². The highest BCUT2D eigenvalue weighted by atomic mass is 16.4. The van der Waals surface area contributed by atoms with Crippen molar-refractivity contribution >= 4 is 5.97 Å². The fourth-order valence-electron chi connectivity index (χ4n) is 1.46. The van der Waals surface area contributed by atoms with Gasteiger partial charge in [0.1, 0.15) is 5.76 Å². The molecule has 0 aliphatic heterocycles. The number of oxazole rings is 1. The first-order valence-corrected chi connectivity index (χ1v) is 5.37. The first-order chi connectivity index (χ1) is 7.24. The molecule has 1 N–H and O–H groups in total. The van der Waals surface area contributed by atoms with Crippen LogP contribution >= 0.6 is 0 Å². The molecule has 15 heavy (non-hydrogen) atoms. The van der Waals surface area contributed by atoms with Crippen LogP contribution in [0.1, 0.15) is 44.1 Å². The Kier molecular flexibility index (Phi) is 4.87. The fraction of sp³-hybridized carbons (Fsp3) is 0.636. The van der Waals surface area contributed by atoms with Gasteiger partial charge in [-0.3, -0.25) is 4.79 Å². The number of unbranched alkanes of at least 4 members (excludes halogenated alkanes) is 2. The average Bonchev–Trinajstić information content (AvgIpc) is 2.63. The quantitative estimate of drug-likeness (QED) is 0.703. The van der Waals surface area contributed by atoms with E-state index in [0.29, 0.717) is 6.42 Å². The van der Waals surface area contributed by atoms with Gasteiger partial charge >= 0.3 is 5.97 Å². The molecule has 0 saturated heterocycles. The Labute approximate surface area is 89.3 Å². The molecule has 0 bridgehead atoms. The summed E-state index contributed by atoms with van der Waals surface area (Å²) in [6.07, 6.45) is 6.27. The van der Waals surface area contributed by atoms with Crippen molar-refractivity contribution in [3.8, 4) is 0 Å². The van der Waals surface area contributed by atoms with E-state index in [1.165, 1.54) is 19.2 Å². The van der Waals surface area contributed by atoms with Crippen LogP contribution in [0.15, 0.2) is 10.8 Å². The molecule has 4 nitrogen and oxygen atoms in total. The van der Waals surface area contributed by atoms with Crippen molar-refractivity contribution in [1.29, 1.82) is 0 Å². The molecule has 0 saturated carbocycles. The van der Waals surface area contributed by atoms with Crippen LogP contribution in [0.25, 0.3) is 0 Å². The molecule has 0 radical (unpaired) electrons. The molecule has 0 aromatic carbocycles. The van der Waals surface area contributed by atoms with Gasteiger partial charge in [0.15, 0.2) is 6.39 Å². The molecule has 0 atom stereocenters. The third-order valence-corrected chi connectivity index (χ3v) is 2.31. The van der Waals surface area contributed by atoms with Crippen LogP contribution in [0.2, 0.25) is 0 Å². The van der Waals surface area contributed by atoms with Crippen molar-refractivity contribution < 1.29 is 14.3 Å². The van der Waals surface area contributed by atoms with Gasteiger partial charge < -0.3 is 9.52 Å². The summed E-state index contributed by atoms with van der Waals surface area (Å²) in [5, 5.41) is 8.56. The van der Waals surface area contributed by atoms with Crippen LogP contribution in [0.5, 0.6) is 0 Å².